The lowest BCUT2D eigenvalue weighted by atomic mass is 10.00. The van der Waals surface area contributed by atoms with Gasteiger partial charge in [0.1, 0.15) is 5.65 Å². The van der Waals surface area contributed by atoms with Gasteiger partial charge >= 0.3 is 5.97 Å². The molecule has 0 unspecified atom stereocenters. The number of nitrogens with zero attached hydrogens (tertiary/aromatic N) is 3. The molecule has 1 aliphatic heterocycles. The molecule has 126 valence electrons. The molecule has 1 amide bonds. The molecule has 0 N–H and O–H groups in total. The Balaban J connectivity index is 1.38. The maximum absolute atomic E-state index is 12.3. The lowest BCUT2D eigenvalue weighted by molar-refractivity contribution is -0.135. The molecular weight excluding hydrogens is 318 g/mol. The zero-order valence-electron chi connectivity index (χ0n) is 13.6. The van der Waals surface area contributed by atoms with Crippen molar-refractivity contribution in [3.63, 3.8) is 0 Å². The minimum Gasteiger partial charge on any atom is -0.451 e. The number of aromatic nitrogens is 2. The number of hydrogen-bond acceptors (Lipinski definition) is 4. The smallest absolute Gasteiger partial charge is 0.359 e. The number of rotatable bonds is 3. The van der Waals surface area contributed by atoms with Crippen LogP contribution < -0.4 is 0 Å². The van der Waals surface area contributed by atoms with Crippen LogP contribution in [-0.2, 0) is 22.5 Å². The molecule has 0 atom stereocenters. The fraction of sp³-hybridized carbons (Fsp3) is 0.211. The normalized spacial score (nSPS) is 13.5. The van der Waals surface area contributed by atoms with Crippen LogP contribution in [0, 0.1) is 0 Å². The van der Waals surface area contributed by atoms with Gasteiger partial charge in [0.15, 0.2) is 12.3 Å². The number of benzene rings is 1. The molecule has 0 aliphatic carbocycles. The second kappa shape index (κ2) is 6.39. The molecular formula is C19H17N3O3. The van der Waals surface area contributed by atoms with Gasteiger partial charge in [-0.25, -0.2) is 9.78 Å². The van der Waals surface area contributed by atoms with Crippen molar-refractivity contribution in [2.75, 3.05) is 13.2 Å². The van der Waals surface area contributed by atoms with Gasteiger partial charge < -0.3 is 14.0 Å². The number of carbonyl (C=O) groups excluding carboxylic acids is 2. The molecule has 6 nitrogen and oxygen atoms in total. The molecule has 25 heavy (non-hydrogen) atoms. The van der Waals surface area contributed by atoms with E-state index < -0.39 is 5.97 Å². The summed E-state index contributed by atoms with van der Waals surface area (Å²) in [6.45, 7) is 0.928. The van der Waals surface area contributed by atoms with E-state index in [1.807, 2.05) is 30.3 Å². The number of ether oxygens (including phenoxy) is 1. The minimum absolute atomic E-state index is 0.188. The number of pyridine rings is 1. The van der Waals surface area contributed by atoms with Crippen molar-refractivity contribution in [1.82, 2.24) is 14.3 Å². The summed E-state index contributed by atoms with van der Waals surface area (Å²) < 4.78 is 6.89. The van der Waals surface area contributed by atoms with Gasteiger partial charge in [0.05, 0.1) is 0 Å². The third kappa shape index (κ3) is 3.10. The number of hydrogen-bond donors (Lipinski definition) is 0. The average molecular weight is 335 g/mol. The second-order valence-electron chi connectivity index (χ2n) is 6.00. The Labute approximate surface area is 144 Å². The first kappa shape index (κ1) is 15.4. The van der Waals surface area contributed by atoms with Crippen molar-refractivity contribution < 1.29 is 14.3 Å². The highest BCUT2D eigenvalue weighted by Crippen LogP contribution is 2.18. The highest BCUT2D eigenvalue weighted by molar-refractivity contribution is 5.90. The van der Waals surface area contributed by atoms with Crippen molar-refractivity contribution in [2.24, 2.45) is 0 Å². The number of amides is 1. The largest absolute Gasteiger partial charge is 0.451 e. The van der Waals surface area contributed by atoms with E-state index in [9.17, 15) is 9.59 Å². The number of fused-ring (bicyclic) bond motifs is 2. The monoisotopic (exact) mass is 335 g/mol. The maximum atomic E-state index is 12.3. The fourth-order valence-corrected chi connectivity index (χ4v) is 3.03. The van der Waals surface area contributed by atoms with Crippen LogP contribution in [0.1, 0.15) is 21.6 Å². The first-order valence-corrected chi connectivity index (χ1v) is 8.16. The zero-order chi connectivity index (χ0) is 17.2. The predicted octanol–water partition coefficient (Wildman–Crippen LogP) is 2.08. The Morgan fingerprint density at radius 3 is 2.72 bits per heavy atom. The standard InChI is InChI=1S/C19H17N3O3/c23-18(22-10-8-14-5-1-2-6-15(14)11-22)13-25-19(24)16-12-21-9-4-3-7-17(21)20-16/h1-7,9,12H,8,10-11,13H2. The number of imidazole rings is 1. The van der Waals surface area contributed by atoms with E-state index >= 15 is 0 Å². The first-order valence-electron chi connectivity index (χ1n) is 8.16. The summed E-state index contributed by atoms with van der Waals surface area (Å²) >= 11 is 0. The van der Waals surface area contributed by atoms with Crippen molar-refractivity contribution >= 4 is 17.5 Å². The molecule has 6 heteroatoms. The second-order valence-corrected chi connectivity index (χ2v) is 6.00. The van der Waals surface area contributed by atoms with Crippen LogP contribution in [0.5, 0.6) is 0 Å². The quantitative estimate of drug-likeness (QED) is 0.688. The van der Waals surface area contributed by atoms with E-state index in [0.717, 1.165) is 12.0 Å². The Kier molecular flexibility index (Phi) is 3.93. The van der Waals surface area contributed by atoms with Crippen LogP contribution >= 0.6 is 0 Å². The first-order chi connectivity index (χ1) is 12.2. The summed E-state index contributed by atoms with van der Waals surface area (Å²) in [5, 5.41) is 0. The Bertz CT molecular complexity index is 915. The molecule has 0 saturated carbocycles. The summed E-state index contributed by atoms with van der Waals surface area (Å²) in [5.41, 5.74) is 3.28. The summed E-state index contributed by atoms with van der Waals surface area (Å²) in [4.78, 5) is 30.4. The number of esters is 1. The van der Waals surface area contributed by atoms with Crippen LogP contribution in [0.25, 0.3) is 5.65 Å². The van der Waals surface area contributed by atoms with E-state index in [-0.39, 0.29) is 18.2 Å². The zero-order valence-corrected chi connectivity index (χ0v) is 13.6. The van der Waals surface area contributed by atoms with Crippen molar-refractivity contribution in [2.45, 2.75) is 13.0 Å². The minimum atomic E-state index is -0.588. The van der Waals surface area contributed by atoms with Crippen LogP contribution in [0.2, 0.25) is 0 Å². The Hall–Kier alpha value is -3.15. The topological polar surface area (TPSA) is 63.9 Å². The van der Waals surface area contributed by atoms with E-state index in [2.05, 4.69) is 11.1 Å². The van der Waals surface area contributed by atoms with Crippen molar-refractivity contribution in [1.29, 1.82) is 0 Å². The molecule has 3 heterocycles. The third-order valence-electron chi connectivity index (χ3n) is 4.38. The van der Waals surface area contributed by atoms with Gasteiger partial charge in [-0.05, 0) is 29.7 Å². The molecule has 0 fully saturated rings. The molecule has 3 aromatic rings. The van der Waals surface area contributed by atoms with E-state index in [4.69, 9.17) is 4.74 Å². The maximum Gasteiger partial charge on any atom is 0.359 e. The molecule has 1 aliphatic rings. The molecule has 4 rings (SSSR count). The lowest BCUT2D eigenvalue weighted by Gasteiger charge is -2.28. The molecule has 0 saturated heterocycles. The van der Waals surface area contributed by atoms with Gasteiger partial charge in [-0.3, -0.25) is 4.79 Å². The molecule has 2 aromatic heterocycles. The predicted molar refractivity (Wildman–Crippen MR) is 91.0 cm³/mol. The van der Waals surface area contributed by atoms with Crippen LogP contribution in [0.3, 0.4) is 0 Å². The van der Waals surface area contributed by atoms with Crippen LogP contribution in [-0.4, -0.2) is 39.3 Å². The molecule has 0 bridgehead atoms. The van der Waals surface area contributed by atoms with Gasteiger partial charge in [-0.1, -0.05) is 30.3 Å². The lowest BCUT2D eigenvalue weighted by Crippen LogP contribution is -2.38. The van der Waals surface area contributed by atoms with Gasteiger partial charge in [0, 0.05) is 25.5 Å². The van der Waals surface area contributed by atoms with Crippen molar-refractivity contribution in [3.8, 4) is 0 Å². The SMILES string of the molecule is O=C(OCC(=O)N1CCc2ccccc2C1)c1cn2ccccc2n1. The third-order valence-corrected chi connectivity index (χ3v) is 4.38. The van der Waals surface area contributed by atoms with Gasteiger partial charge in [0.25, 0.3) is 5.91 Å². The molecule has 0 spiro atoms. The number of carbonyl (C=O) groups is 2. The molecule has 0 radical (unpaired) electrons. The summed E-state index contributed by atoms with van der Waals surface area (Å²) in [7, 11) is 0. The van der Waals surface area contributed by atoms with E-state index in [0.29, 0.717) is 18.7 Å². The van der Waals surface area contributed by atoms with Gasteiger partial charge in [-0.15, -0.1) is 0 Å². The Morgan fingerprint density at radius 2 is 1.88 bits per heavy atom. The molecule has 1 aromatic carbocycles. The highest BCUT2D eigenvalue weighted by atomic mass is 16.5. The fourth-order valence-electron chi connectivity index (χ4n) is 3.03. The summed E-state index contributed by atoms with van der Waals surface area (Å²) in [6, 6.07) is 13.6. The van der Waals surface area contributed by atoms with E-state index in [1.165, 1.54) is 5.56 Å². The van der Waals surface area contributed by atoms with Crippen LogP contribution in [0.4, 0.5) is 0 Å². The van der Waals surface area contributed by atoms with Gasteiger partial charge in [0.2, 0.25) is 0 Å². The Morgan fingerprint density at radius 1 is 1.08 bits per heavy atom. The highest BCUT2D eigenvalue weighted by Gasteiger charge is 2.22. The average Bonchev–Trinajstić information content (AvgIpc) is 3.09. The van der Waals surface area contributed by atoms with Gasteiger partial charge in [-0.2, -0.15) is 0 Å². The summed E-state index contributed by atoms with van der Waals surface area (Å²) in [5.74, 6) is -0.777. The van der Waals surface area contributed by atoms with Crippen LogP contribution in [0.15, 0.2) is 54.9 Å². The van der Waals surface area contributed by atoms with Crippen molar-refractivity contribution in [3.05, 3.63) is 71.7 Å². The summed E-state index contributed by atoms with van der Waals surface area (Å²) in [6.07, 6.45) is 4.22. The van der Waals surface area contributed by atoms with E-state index in [1.54, 1.807) is 27.8 Å².